The minimum Gasteiger partial charge on any atom is -0.339 e. The molecular formula is C16H25N3O3S. The Balaban J connectivity index is 2.21. The number of anilines is 1. The summed E-state index contributed by atoms with van der Waals surface area (Å²) >= 11 is 0. The highest BCUT2D eigenvalue weighted by atomic mass is 32.2. The van der Waals surface area contributed by atoms with Gasteiger partial charge in [-0.05, 0) is 44.2 Å². The third-order valence-electron chi connectivity index (χ3n) is 4.03. The van der Waals surface area contributed by atoms with Crippen molar-refractivity contribution in [3.8, 4) is 0 Å². The number of nitrogens with zero attached hydrogens (tertiary/aromatic N) is 3. The number of hydrogen-bond acceptors (Lipinski definition) is 4. The van der Waals surface area contributed by atoms with Crippen molar-refractivity contribution in [1.29, 1.82) is 0 Å². The summed E-state index contributed by atoms with van der Waals surface area (Å²) in [4.78, 5) is 16.4. The van der Waals surface area contributed by atoms with E-state index in [1.54, 1.807) is 17.0 Å². The summed E-state index contributed by atoms with van der Waals surface area (Å²) in [6.45, 7) is 6.59. The summed E-state index contributed by atoms with van der Waals surface area (Å²) in [5, 5.41) is 0. The Morgan fingerprint density at radius 2 is 1.61 bits per heavy atom. The zero-order chi connectivity index (χ0) is 17.2. The quantitative estimate of drug-likeness (QED) is 0.816. The van der Waals surface area contributed by atoms with Gasteiger partial charge >= 0.3 is 0 Å². The molecule has 0 radical (unpaired) electrons. The maximum atomic E-state index is 12.5. The second kappa shape index (κ2) is 6.88. The molecule has 0 unspecified atom stereocenters. The number of amides is 1. The van der Waals surface area contributed by atoms with Crippen LogP contribution in [0.5, 0.6) is 0 Å². The lowest BCUT2D eigenvalue weighted by atomic mass is 10.1. The molecule has 0 spiro atoms. The van der Waals surface area contributed by atoms with Gasteiger partial charge in [0.2, 0.25) is 15.9 Å². The largest absolute Gasteiger partial charge is 0.339 e. The molecule has 1 heterocycles. The van der Waals surface area contributed by atoms with Crippen LogP contribution in [0.3, 0.4) is 0 Å². The third-order valence-corrected chi connectivity index (χ3v) is 5.17. The van der Waals surface area contributed by atoms with Crippen LogP contribution in [0.1, 0.15) is 11.1 Å². The van der Waals surface area contributed by atoms with Crippen LogP contribution in [-0.4, -0.2) is 70.2 Å². The van der Waals surface area contributed by atoms with E-state index >= 15 is 0 Å². The number of likely N-dealkylation sites (N-methyl/N-ethyl adjacent to an activating group) is 1. The molecule has 1 fully saturated rings. The Hall–Kier alpha value is -1.60. The molecule has 7 heteroatoms. The number of hydrogen-bond donors (Lipinski definition) is 0. The van der Waals surface area contributed by atoms with Crippen molar-refractivity contribution in [2.24, 2.45) is 0 Å². The second-order valence-electron chi connectivity index (χ2n) is 6.30. The molecule has 128 valence electrons. The summed E-state index contributed by atoms with van der Waals surface area (Å²) in [5.74, 6) is -0.150. The van der Waals surface area contributed by atoms with Gasteiger partial charge in [0.15, 0.2) is 0 Å². The fraction of sp³-hybridized carbons (Fsp3) is 0.562. The predicted molar refractivity (Wildman–Crippen MR) is 92.2 cm³/mol. The van der Waals surface area contributed by atoms with Crippen LogP contribution in [0.25, 0.3) is 0 Å². The number of carbonyl (C=O) groups is 1. The molecule has 0 saturated carbocycles. The lowest BCUT2D eigenvalue weighted by Gasteiger charge is -2.34. The van der Waals surface area contributed by atoms with Crippen molar-refractivity contribution in [1.82, 2.24) is 9.80 Å². The highest BCUT2D eigenvalue weighted by Crippen LogP contribution is 2.21. The van der Waals surface area contributed by atoms with Crippen LogP contribution >= 0.6 is 0 Å². The number of piperazine rings is 1. The van der Waals surface area contributed by atoms with Crippen molar-refractivity contribution in [3.05, 3.63) is 29.3 Å². The maximum Gasteiger partial charge on any atom is 0.243 e. The SMILES string of the molecule is Cc1cc(C)cc(N(CC(=O)N2CCN(C)CC2)S(C)(=O)=O)c1. The molecule has 1 aromatic carbocycles. The van der Waals surface area contributed by atoms with Crippen molar-refractivity contribution in [2.75, 3.05) is 50.3 Å². The standard InChI is InChI=1S/C16H25N3O3S/c1-13-9-14(2)11-15(10-13)19(23(4,21)22)12-16(20)18-7-5-17(3)6-8-18/h9-11H,5-8,12H2,1-4H3. The second-order valence-corrected chi connectivity index (χ2v) is 8.21. The fourth-order valence-corrected chi connectivity index (χ4v) is 3.61. The Labute approximate surface area is 138 Å². The smallest absolute Gasteiger partial charge is 0.243 e. The van der Waals surface area contributed by atoms with Gasteiger partial charge in [-0.3, -0.25) is 9.10 Å². The van der Waals surface area contributed by atoms with Gasteiger partial charge in [-0.1, -0.05) is 6.07 Å². The van der Waals surface area contributed by atoms with Crippen LogP contribution in [0.15, 0.2) is 18.2 Å². The molecule has 6 nitrogen and oxygen atoms in total. The van der Waals surface area contributed by atoms with Crippen LogP contribution in [0.2, 0.25) is 0 Å². The number of rotatable bonds is 4. The highest BCUT2D eigenvalue weighted by molar-refractivity contribution is 7.92. The minimum absolute atomic E-state index is 0.147. The molecular weight excluding hydrogens is 314 g/mol. The van der Waals surface area contributed by atoms with Crippen molar-refractivity contribution in [3.63, 3.8) is 0 Å². The van der Waals surface area contributed by atoms with E-state index in [4.69, 9.17) is 0 Å². The Morgan fingerprint density at radius 3 is 2.09 bits per heavy atom. The van der Waals surface area contributed by atoms with Gasteiger partial charge < -0.3 is 9.80 Å². The summed E-state index contributed by atoms with van der Waals surface area (Å²) in [5.41, 5.74) is 2.49. The molecule has 1 amide bonds. The Morgan fingerprint density at radius 1 is 1.09 bits per heavy atom. The van der Waals surface area contributed by atoms with E-state index in [1.165, 1.54) is 4.31 Å². The van der Waals surface area contributed by atoms with Gasteiger partial charge in [0.05, 0.1) is 11.9 Å². The van der Waals surface area contributed by atoms with Crippen LogP contribution in [0, 0.1) is 13.8 Å². The molecule has 1 saturated heterocycles. The molecule has 1 aliphatic heterocycles. The van der Waals surface area contributed by atoms with Crippen LogP contribution in [0.4, 0.5) is 5.69 Å². The van der Waals surface area contributed by atoms with E-state index < -0.39 is 10.0 Å². The number of sulfonamides is 1. The number of benzene rings is 1. The zero-order valence-electron chi connectivity index (χ0n) is 14.2. The van der Waals surface area contributed by atoms with E-state index in [-0.39, 0.29) is 12.5 Å². The third kappa shape index (κ3) is 4.68. The summed E-state index contributed by atoms with van der Waals surface area (Å²) < 4.78 is 25.5. The van der Waals surface area contributed by atoms with Gasteiger partial charge in [-0.25, -0.2) is 8.42 Å². The van der Waals surface area contributed by atoms with E-state index in [2.05, 4.69) is 4.90 Å². The molecule has 23 heavy (non-hydrogen) atoms. The fourth-order valence-electron chi connectivity index (χ4n) is 2.77. The first-order valence-corrected chi connectivity index (χ1v) is 9.54. The number of carbonyl (C=O) groups excluding carboxylic acids is 1. The van der Waals surface area contributed by atoms with Gasteiger partial charge in [0.1, 0.15) is 6.54 Å². The number of aryl methyl sites for hydroxylation is 2. The molecule has 0 aromatic heterocycles. The van der Waals surface area contributed by atoms with Crippen molar-refractivity contribution in [2.45, 2.75) is 13.8 Å². The first-order chi connectivity index (χ1) is 10.7. The van der Waals surface area contributed by atoms with Crippen molar-refractivity contribution < 1.29 is 13.2 Å². The lowest BCUT2D eigenvalue weighted by Crippen LogP contribution is -2.50. The minimum atomic E-state index is -3.52. The van der Waals surface area contributed by atoms with E-state index in [0.717, 1.165) is 30.5 Å². The van der Waals surface area contributed by atoms with E-state index in [9.17, 15) is 13.2 Å². The summed E-state index contributed by atoms with van der Waals surface area (Å²) in [7, 11) is -1.51. The van der Waals surface area contributed by atoms with Crippen molar-refractivity contribution >= 4 is 21.6 Å². The zero-order valence-corrected chi connectivity index (χ0v) is 15.1. The molecule has 1 aromatic rings. The maximum absolute atomic E-state index is 12.5. The topological polar surface area (TPSA) is 60.9 Å². The summed E-state index contributed by atoms with van der Waals surface area (Å²) in [6.07, 6.45) is 1.14. The summed E-state index contributed by atoms with van der Waals surface area (Å²) in [6, 6.07) is 5.57. The molecule has 0 atom stereocenters. The predicted octanol–water partition coefficient (Wildman–Crippen LogP) is 0.843. The lowest BCUT2D eigenvalue weighted by molar-refractivity contribution is -0.131. The normalized spacial score (nSPS) is 16.4. The van der Waals surface area contributed by atoms with Crippen LogP contribution < -0.4 is 4.31 Å². The first-order valence-electron chi connectivity index (χ1n) is 7.69. The van der Waals surface area contributed by atoms with Gasteiger partial charge in [0, 0.05) is 26.2 Å². The highest BCUT2D eigenvalue weighted by Gasteiger charge is 2.26. The molecule has 0 N–H and O–H groups in total. The molecule has 0 bridgehead atoms. The van der Waals surface area contributed by atoms with E-state index in [1.807, 2.05) is 27.0 Å². The monoisotopic (exact) mass is 339 g/mol. The van der Waals surface area contributed by atoms with E-state index in [0.29, 0.717) is 18.8 Å². The molecule has 0 aliphatic carbocycles. The van der Waals surface area contributed by atoms with Gasteiger partial charge in [0.25, 0.3) is 0 Å². The van der Waals surface area contributed by atoms with Gasteiger partial charge in [-0.15, -0.1) is 0 Å². The van der Waals surface area contributed by atoms with Gasteiger partial charge in [-0.2, -0.15) is 0 Å². The van der Waals surface area contributed by atoms with Crippen LogP contribution in [-0.2, 0) is 14.8 Å². The average molecular weight is 339 g/mol. The molecule has 2 rings (SSSR count). The average Bonchev–Trinajstić information content (AvgIpc) is 2.42. The molecule has 1 aliphatic rings. The Kier molecular flexibility index (Phi) is 5.31. The first kappa shape index (κ1) is 17.7. The Bertz CT molecular complexity index is 660.